The molecule has 0 aliphatic heterocycles. The third kappa shape index (κ3) is 11.9. The van der Waals surface area contributed by atoms with E-state index in [4.69, 9.17) is 5.11 Å². The monoisotopic (exact) mass is 210 g/mol. The van der Waals surface area contributed by atoms with Crippen LogP contribution in [0.2, 0.25) is 0 Å². The number of aliphatic carboxylic acids is 1. The van der Waals surface area contributed by atoms with Gasteiger partial charge in [0.15, 0.2) is 0 Å². The van der Waals surface area contributed by atoms with Crippen LogP contribution in [0.3, 0.4) is 0 Å². The first-order valence-corrected chi connectivity index (χ1v) is 4.34. The van der Waals surface area contributed by atoms with E-state index in [2.05, 4.69) is 19.9 Å². The number of rotatable bonds is 1. The van der Waals surface area contributed by atoms with Gasteiger partial charge in [-0.3, -0.25) is 4.79 Å². The molecule has 2 heterocycles. The van der Waals surface area contributed by atoms with Crippen LogP contribution in [0.15, 0.2) is 37.4 Å². The lowest BCUT2D eigenvalue weighted by molar-refractivity contribution is -0.136. The highest BCUT2D eigenvalue weighted by Crippen LogP contribution is 1.67. The normalized spacial score (nSPS) is 7.80. The summed E-state index contributed by atoms with van der Waals surface area (Å²) >= 11 is 0. The van der Waals surface area contributed by atoms with Gasteiger partial charge in [0.1, 0.15) is 0 Å². The van der Waals surface area contributed by atoms with E-state index in [1.807, 2.05) is 0 Å². The van der Waals surface area contributed by atoms with Gasteiger partial charge in [0.05, 0.1) is 12.7 Å². The molecule has 0 spiro atoms. The third-order valence-corrected chi connectivity index (χ3v) is 1.11. The zero-order valence-electron chi connectivity index (χ0n) is 8.42. The zero-order chi connectivity index (χ0) is 11.4. The van der Waals surface area contributed by atoms with Crippen molar-refractivity contribution >= 4 is 5.97 Å². The van der Waals surface area contributed by atoms with Crippen LogP contribution in [0.5, 0.6) is 0 Å². The number of carboxylic acid groups (broad SMARTS) is 1. The Kier molecular flexibility index (Phi) is 8.57. The van der Waals surface area contributed by atoms with Gasteiger partial charge < -0.3 is 15.1 Å². The lowest BCUT2D eigenvalue weighted by atomic mass is 10.5. The van der Waals surface area contributed by atoms with Gasteiger partial charge >= 0.3 is 5.97 Å². The molecule has 0 amide bonds. The van der Waals surface area contributed by atoms with Crippen molar-refractivity contribution in [1.82, 2.24) is 19.9 Å². The second-order valence-electron chi connectivity index (χ2n) is 2.27. The minimum absolute atomic E-state index is 0.222. The van der Waals surface area contributed by atoms with Crippen LogP contribution >= 0.6 is 0 Å². The van der Waals surface area contributed by atoms with Crippen molar-refractivity contribution in [3.63, 3.8) is 0 Å². The zero-order valence-corrected chi connectivity index (χ0v) is 8.42. The van der Waals surface area contributed by atoms with Crippen LogP contribution in [0.4, 0.5) is 0 Å². The van der Waals surface area contributed by atoms with E-state index in [1.165, 1.54) is 0 Å². The van der Waals surface area contributed by atoms with Crippen molar-refractivity contribution in [1.29, 1.82) is 0 Å². The molecule has 82 valence electrons. The predicted molar refractivity (Wildman–Crippen MR) is 55.1 cm³/mol. The molecule has 0 saturated heterocycles. The summed E-state index contributed by atoms with van der Waals surface area (Å²) in [7, 11) is 0. The van der Waals surface area contributed by atoms with Gasteiger partial charge in [0.2, 0.25) is 0 Å². The lowest BCUT2D eigenvalue weighted by Crippen LogP contribution is -1.86. The molecule has 6 nitrogen and oxygen atoms in total. The minimum Gasteiger partial charge on any atom is -0.481 e. The van der Waals surface area contributed by atoms with Crippen molar-refractivity contribution < 1.29 is 9.90 Å². The SMILES string of the molecule is CCC(=O)O.c1c[nH]cn1.c1c[nH]cn1. The first-order chi connectivity index (χ1) is 7.27. The largest absolute Gasteiger partial charge is 0.481 e. The molecule has 2 rings (SSSR count). The minimum atomic E-state index is -0.745. The number of imidazole rings is 2. The molecule has 15 heavy (non-hydrogen) atoms. The van der Waals surface area contributed by atoms with Gasteiger partial charge in [-0.2, -0.15) is 0 Å². The molecule has 6 heteroatoms. The summed E-state index contributed by atoms with van der Waals surface area (Å²) < 4.78 is 0. The fourth-order valence-corrected chi connectivity index (χ4v) is 0.430. The van der Waals surface area contributed by atoms with Gasteiger partial charge in [-0.25, -0.2) is 9.97 Å². The average Bonchev–Trinajstić information content (AvgIpc) is 2.96. The summed E-state index contributed by atoms with van der Waals surface area (Å²) in [6.45, 7) is 1.60. The molecule has 2 aromatic heterocycles. The Labute approximate surface area is 87.4 Å². The Morgan fingerprint density at radius 2 is 1.60 bits per heavy atom. The van der Waals surface area contributed by atoms with Crippen molar-refractivity contribution in [3.8, 4) is 0 Å². The van der Waals surface area contributed by atoms with Gasteiger partial charge in [-0.1, -0.05) is 6.92 Å². The molecule has 0 aromatic carbocycles. The summed E-state index contributed by atoms with van der Waals surface area (Å²) in [5.74, 6) is -0.745. The van der Waals surface area contributed by atoms with Gasteiger partial charge in [-0.05, 0) is 0 Å². The Hall–Kier alpha value is -2.11. The maximum atomic E-state index is 9.37. The smallest absolute Gasteiger partial charge is 0.303 e. The molecule has 0 radical (unpaired) electrons. The molecule has 0 saturated carbocycles. The topological polar surface area (TPSA) is 94.7 Å². The first kappa shape index (κ1) is 12.9. The summed E-state index contributed by atoms with van der Waals surface area (Å²) in [5.41, 5.74) is 0. The van der Waals surface area contributed by atoms with Crippen molar-refractivity contribution in [2.75, 3.05) is 0 Å². The number of aromatic amines is 2. The number of hydrogen-bond donors (Lipinski definition) is 3. The van der Waals surface area contributed by atoms with Crippen molar-refractivity contribution in [2.45, 2.75) is 13.3 Å². The summed E-state index contributed by atoms with van der Waals surface area (Å²) in [6.07, 6.45) is 10.4. The van der Waals surface area contributed by atoms with Crippen LogP contribution in [0.1, 0.15) is 13.3 Å². The number of carboxylic acids is 1. The average molecular weight is 210 g/mol. The van der Waals surface area contributed by atoms with E-state index in [-0.39, 0.29) is 6.42 Å². The summed E-state index contributed by atoms with van der Waals surface area (Å²) in [4.78, 5) is 22.2. The second kappa shape index (κ2) is 9.97. The van der Waals surface area contributed by atoms with Crippen LogP contribution in [-0.2, 0) is 4.79 Å². The first-order valence-electron chi connectivity index (χ1n) is 4.34. The molecule has 0 unspecified atom stereocenters. The Morgan fingerprint density at radius 3 is 1.67 bits per heavy atom. The number of nitrogens with one attached hydrogen (secondary N) is 2. The predicted octanol–water partition coefficient (Wildman–Crippen LogP) is 1.30. The van der Waals surface area contributed by atoms with E-state index < -0.39 is 5.97 Å². The van der Waals surface area contributed by atoms with Gasteiger partial charge in [0.25, 0.3) is 0 Å². The molecule has 3 N–H and O–H groups in total. The van der Waals surface area contributed by atoms with E-state index in [1.54, 1.807) is 44.4 Å². The van der Waals surface area contributed by atoms with Crippen LogP contribution in [0, 0.1) is 0 Å². The van der Waals surface area contributed by atoms with Gasteiger partial charge in [0, 0.05) is 31.2 Å². The summed E-state index contributed by atoms with van der Waals surface area (Å²) in [5, 5.41) is 7.72. The van der Waals surface area contributed by atoms with E-state index in [0.717, 1.165) is 0 Å². The number of nitrogens with zero attached hydrogens (tertiary/aromatic N) is 2. The van der Waals surface area contributed by atoms with Crippen LogP contribution in [0.25, 0.3) is 0 Å². The van der Waals surface area contributed by atoms with Crippen molar-refractivity contribution in [3.05, 3.63) is 37.4 Å². The fraction of sp³-hybridized carbons (Fsp3) is 0.222. The highest BCUT2D eigenvalue weighted by molar-refractivity contribution is 5.66. The van der Waals surface area contributed by atoms with Gasteiger partial charge in [-0.15, -0.1) is 0 Å². The van der Waals surface area contributed by atoms with E-state index in [9.17, 15) is 4.79 Å². The molecule has 0 bridgehead atoms. The highest BCUT2D eigenvalue weighted by Gasteiger charge is 1.80. The number of H-pyrrole nitrogens is 2. The molecule has 0 aliphatic carbocycles. The lowest BCUT2D eigenvalue weighted by Gasteiger charge is -1.71. The number of carbonyl (C=O) groups is 1. The molecular weight excluding hydrogens is 196 g/mol. The van der Waals surface area contributed by atoms with Crippen LogP contribution < -0.4 is 0 Å². The molecule has 0 aliphatic rings. The van der Waals surface area contributed by atoms with E-state index >= 15 is 0 Å². The third-order valence-electron chi connectivity index (χ3n) is 1.11. The number of aromatic nitrogens is 4. The standard InChI is InChI=1S/2C3H4N2.C3H6O2/c2*1-2-5-3-4-1;1-2-3(4)5/h2*1-3H,(H,4,5);2H2,1H3,(H,4,5). The van der Waals surface area contributed by atoms with Crippen molar-refractivity contribution in [2.24, 2.45) is 0 Å². The van der Waals surface area contributed by atoms with E-state index in [0.29, 0.717) is 0 Å². The maximum Gasteiger partial charge on any atom is 0.303 e. The van der Waals surface area contributed by atoms with Crippen LogP contribution in [-0.4, -0.2) is 31.0 Å². The fourth-order valence-electron chi connectivity index (χ4n) is 0.430. The second-order valence-corrected chi connectivity index (χ2v) is 2.27. The molecule has 0 fully saturated rings. The Bertz CT molecular complexity index is 244. The Balaban J connectivity index is 0.000000196. The Morgan fingerprint density at radius 1 is 1.20 bits per heavy atom. The molecular formula is C9H14N4O2. The highest BCUT2D eigenvalue weighted by atomic mass is 16.4. The summed E-state index contributed by atoms with van der Waals surface area (Å²) in [6, 6.07) is 0. The quantitative estimate of drug-likeness (QED) is 0.661. The molecule has 2 aromatic rings. The maximum absolute atomic E-state index is 9.37. The number of hydrogen-bond acceptors (Lipinski definition) is 3. The molecule has 0 atom stereocenters.